The number of carbonyl (C=O) groups excluding carboxylic acids is 2. The van der Waals surface area contributed by atoms with Crippen LogP contribution in [0.5, 0.6) is 0 Å². The van der Waals surface area contributed by atoms with Crippen LogP contribution in [0.4, 0.5) is 0 Å². The van der Waals surface area contributed by atoms with Crippen LogP contribution >= 0.6 is 0 Å². The molecule has 0 saturated carbocycles. The van der Waals surface area contributed by atoms with Gasteiger partial charge in [0.25, 0.3) is 0 Å². The number of amides is 2. The maximum atomic E-state index is 11.8. The molecule has 1 atom stereocenters. The van der Waals surface area contributed by atoms with Crippen molar-refractivity contribution in [1.29, 1.82) is 0 Å². The van der Waals surface area contributed by atoms with Crippen molar-refractivity contribution in [2.45, 2.75) is 13.8 Å². The first-order valence-electron chi connectivity index (χ1n) is 5.62. The molecule has 9 heteroatoms. The number of nitrogens with one attached hydrogen (secondary N) is 1. The predicted molar refractivity (Wildman–Crippen MR) is 75.1 cm³/mol. The summed E-state index contributed by atoms with van der Waals surface area (Å²) < 4.78 is 20.5. The summed E-state index contributed by atoms with van der Waals surface area (Å²) in [5, 5.41) is 8.54. The molecule has 1 aromatic carbocycles. The van der Waals surface area contributed by atoms with Crippen molar-refractivity contribution in [2.24, 2.45) is 5.73 Å². The third kappa shape index (κ3) is 7.48. The van der Waals surface area contributed by atoms with Crippen molar-refractivity contribution in [3.05, 3.63) is 42.5 Å². The predicted octanol–water partition coefficient (Wildman–Crippen LogP) is -0.132. The van der Waals surface area contributed by atoms with E-state index >= 15 is 0 Å². The summed E-state index contributed by atoms with van der Waals surface area (Å²) in [6.45, 7) is 6.03. The minimum atomic E-state index is -4.55. The molecule has 0 aliphatic rings. The fourth-order valence-corrected chi connectivity index (χ4v) is 2.99. The van der Waals surface area contributed by atoms with E-state index in [0.717, 1.165) is 0 Å². The second-order valence-electron chi connectivity index (χ2n) is 3.81. The average Bonchev–Trinajstić information content (AvgIpc) is 2.46. The first-order valence-corrected chi connectivity index (χ1v) is 8.86. The molecule has 0 aliphatic heterocycles. The van der Waals surface area contributed by atoms with E-state index in [1.54, 1.807) is 25.1 Å². The van der Waals surface area contributed by atoms with Crippen molar-refractivity contribution in [3.8, 4) is 0 Å². The normalized spacial score (nSPS) is 12.3. The topological polar surface area (TPSA) is 128 Å². The van der Waals surface area contributed by atoms with Crippen LogP contribution < -0.4 is 15.6 Å². The number of benzene rings is 1. The molecule has 116 valence electrons. The summed E-state index contributed by atoms with van der Waals surface area (Å²) in [5.74, 6) is -0.973. The van der Waals surface area contributed by atoms with E-state index in [-0.39, 0.29) is 4.35 Å². The summed E-state index contributed by atoms with van der Waals surface area (Å²) in [7, 11) is 0. The standard InChI is InChI=1S/C8H10AsNO5.C4H7NO/c1-7(11)10-14-9(12,15-13)8-5-3-2-4-6-8;1-3(2)4(5)6/h2-6,13H,1H3,(H,10,11);1H2,2H3,(H2,5,6). The van der Waals surface area contributed by atoms with E-state index in [2.05, 4.69) is 14.3 Å². The molecule has 1 aromatic rings. The van der Waals surface area contributed by atoms with Crippen LogP contribution in [-0.4, -0.2) is 31.2 Å². The second-order valence-corrected chi connectivity index (χ2v) is 7.71. The van der Waals surface area contributed by atoms with Crippen LogP contribution in [0.3, 0.4) is 0 Å². The Kier molecular flexibility index (Phi) is 8.33. The molecule has 0 saturated heterocycles. The molecular weight excluding hydrogens is 343 g/mol. The fourth-order valence-electron chi connectivity index (χ4n) is 0.851. The molecular formula is C12H17AsN2O6. The van der Waals surface area contributed by atoms with Crippen molar-refractivity contribution >= 4 is 30.3 Å². The van der Waals surface area contributed by atoms with Gasteiger partial charge in [-0.25, -0.2) is 0 Å². The number of carbonyl (C=O) groups is 2. The van der Waals surface area contributed by atoms with E-state index in [9.17, 15) is 13.3 Å². The van der Waals surface area contributed by atoms with E-state index in [4.69, 9.17) is 11.0 Å². The van der Waals surface area contributed by atoms with Gasteiger partial charge < -0.3 is 5.73 Å². The molecule has 1 unspecified atom stereocenters. The molecule has 0 aromatic heterocycles. The second kappa shape index (κ2) is 9.14. The molecule has 0 bridgehead atoms. The average molecular weight is 360 g/mol. The Balaban J connectivity index is 0.000000567. The third-order valence-corrected chi connectivity index (χ3v) is 5.01. The fraction of sp³-hybridized carbons (Fsp3) is 0.167. The molecule has 4 N–H and O–H groups in total. The van der Waals surface area contributed by atoms with Gasteiger partial charge in [-0.1, -0.05) is 6.58 Å². The zero-order chi connectivity index (χ0) is 16.5. The number of rotatable bonds is 5. The molecule has 1 rings (SSSR count). The Hall–Kier alpha value is -1.86. The number of nitrogens with two attached hydrogens (primary N) is 1. The third-order valence-electron chi connectivity index (χ3n) is 1.91. The van der Waals surface area contributed by atoms with Gasteiger partial charge in [0, 0.05) is 5.57 Å². The number of hydroxylamine groups is 1. The minimum absolute atomic E-state index is 0.201. The molecule has 2 amide bonds. The molecule has 0 aliphatic carbocycles. The van der Waals surface area contributed by atoms with Crippen molar-refractivity contribution in [2.75, 3.05) is 0 Å². The van der Waals surface area contributed by atoms with E-state index in [0.29, 0.717) is 5.57 Å². The summed E-state index contributed by atoms with van der Waals surface area (Å²) >= 11 is -4.55. The Morgan fingerprint density at radius 3 is 2.10 bits per heavy atom. The van der Waals surface area contributed by atoms with Crippen LogP contribution in [0.25, 0.3) is 0 Å². The van der Waals surface area contributed by atoms with Gasteiger partial charge in [0.05, 0.1) is 0 Å². The van der Waals surface area contributed by atoms with Crippen LogP contribution in [0.15, 0.2) is 42.5 Å². The number of hydrogen-bond donors (Lipinski definition) is 3. The quantitative estimate of drug-likeness (QED) is 0.290. The number of hydrogen-bond acceptors (Lipinski definition) is 6. The van der Waals surface area contributed by atoms with Gasteiger partial charge in [-0.3, -0.25) is 4.79 Å². The summed E-state index contributed by atoms with van der Waals surface area (Å²) in [5.41, 5.74) is 6.97. The van der Waals surface area contributed by atoms with Crippen molar-refractivity contribution in [1.82, 2.24) is 5.48 Å². The van der Waals surface area contributed by atoms with Gasteiger partial charge in [0.15, 0.2) is 0 Å². The van der Waals surface area contributed by atoms with Gasteiger partial charge in [-0.2, -0.15) is 0 Å². The van der Waals surface area contributed by atoms with E-state index in [1.165, 1.54) is 19.1 Å². The monoisotopic (exact) mass is 360 g/mol. The SMILES string of the molecule is C=C(C)C(N)=O.CC(=O)NO[As](=O)(OO)c1ccccc1. The van der Waals surface area contributed by atoms with Gasteiger partial charge >= 0.3 is 88.7 Å². The molecule has 0 heterocycles. The first kappa shape index (κ1) is 19.1. The Bertz CT molecular complexity index is 534. The summed E-state index contributed by atoms with van der Waals surface area (Å²) in [6.07, 6.45) is 0. The molecule has 21 heavy (non-hydrogen) atoms. The van der Waals surface area contributed by atoms with Crippen LogP contribution in [0.2, 0.25) is 0 Å². The van der Waals surface area contributed by atoms with Crippen molar-refractivity contribution in [3.63, 3.8) is 0 Å². The maximum absolute atomic E-state index is 11.8. The van der Waals surface area contributed by atoms with Crippen LogP contribution in [0, 0.1) is 0 Å². The summed E-state index contributed by atoms with van der Waals surface area (Å²) in [6, 6.07) is 7.87. The first-order chi connectivity index (χ1) is 9.73. The Morgan fingerprint density at radius 1 is 1.29 bits per heavy atom. The van der Waals surface area contributed by atoms with Gasteiger partial charge in [0.1, 0.15) is 0 Å². The van der Waals surface area contributed by atoms with Crippen LogP contribution in [0.1, 0.15) is 13.8 Å². The molecule has 0 radical (unpaired) electrons. The Morgan fingerprint density at radius 2 is 1.76 bits per heavy atom. The van der Waals surface area contributed by atoms with Gasteiger partial charge in [-0.15, -0.1) is 0 Å². The van der Waals surface area contributed by atoms with Gasteiger partial charge in [-0.05, 0) is 6.92 Å². The molecule has 0 spiro atoms. The Labute approximate surface area is 124 Å². The number of primary amides is 1. The van der Waals surface area contributed by atoms with Gasteiger partial charge in [0.2, 0.25) is 5.91 Å². The molecule has 0 fully saturated rings. The van der Waals surface area contributed by atoms with E-state index in [1.807, 2.05) is 5.48 Å². The van der Waals surface area contributed by atoms with E-state index < -0.39 is 26.0 Å². The van der Waals surface area contributed by atoms with Crippen molar-refractivity contribution < 1.29 is 26.3 Å². The zero-order valence-electron chi connectivity index (χ0n) is 11.6. The van der Waals surface area contributed by atoms with Crippen LogP contribution in [-0.2, 0) is 21.0 Å². The zero-order valence-corrected chi connectivity index (χ0v) is 13.5. The molecule has 8 nitrogen and oxygen atoms in total. The summed E-state index contributed by atoms with van der Waals surface area (Å²) in [4.78, 5) is 20.4.